The van der Waals surface area contributed by atoms with Gasteiger partial charge in [0, 0.05) is 12.1 Å². The molecule has 0 radical (unpaired) electrons. The standard InChI is InChI=1S/C21H23ClN2O4S/c1-14(2)15-7-9-17(10-8-15)29(26,27)24-16(5-4-6-21(25)28-3)13-18-19(24)11-12-20(22)23-18/h7-14H,4-6H2,1-3H3. The highest BCUT2D eigenvalue weighted by Gasteiger charge is 2.24. The zero-order valence-electron chi connectivity index (χ0n) is 16.6. The second-order valence-corrected chi connectivity index (χ2v) is 9.27. The Balaban J connectivity index is 2.07. The van der Waals surface area contributed by atoms with Crippen LogP contribution in [0.4, 0.5) is 0 Å². The molecule has 0 spiro atoms. The smallest absolute Gasteiger partial charge is 0.305 e. The lowest BCUT2D eigenvalue weighted by atomic mass is 10.0. The average Bonchev–Trinajstić information content (AvgIpc) is 3.05. The van der Waals surface area contributed by atoms with Crippen molar-refractivity contribution in [3.63, 3.8) is 0 Å². The molecule has 3 aromatic rings. The Bertz CT molecular complexity index is 1140. The van der Waals surface area contributed by atoms with Crippen molar-refractivity contribution in [3.05, 3.63) is 58.9 Å². The predicted molar refractivity (Wildman–Crippen MR) is 113 cm³/mol. The van der Waals surface area contributed by atoms with Crippen molar-refractivity contribution in [2.45, 2.75) is 43.9 Å². The lowest BCUT2D eigenvalue weighted by Crippen LogP contribution is -2.16. The molecule has 0 atom stereocenters. The SMILES string of the molecule is COC(=O)CCCc1cc2nc(Cl)ccc2n1S(=O)(=O)c1ccc(C(C)C)cc1. The van der Waals surface area contributed by atoms with E-state index in [1.807, 2.05) is 12.1 Å². The summed E-state index contributed by atoms with van der Waals surface area (Å²) in [6.07, 6.45) is 1.04. The van der Waals surface area contributed by atoms with Gasteiger partial charge in [-0.2, -0.15) is 0 Å². The van der Waals surface area contributed by atoms with E-state index in [1.165, 1.54) is 11.1 Å². The molecule has 154 valence electrons. The van der Waals surface area contributed by atoms with Gasteiger partial charge in [-0.05, 0) is 54.7 Å². The van der Waals surface area contributed by atoms with Gasteiger partial charge in [-0.25, -0.2) is 17.4 Å². The summed E-state index contributed by atoms with van der Waals surface area (Å²) in [4.78, 5) is 15.9. The van der Waals surface area contributed by atoms with Crippen LogP contribution in [0.25, 0.3) is 11.0 Å². The van der Waals surface area contributed by atoms with Crippen molar-refractivity contribution in [1.82, 2.24) is 8.96 Å². The van der Waals surface area contributed by atoms with Crippen molar-refractivity contribution in [2.75, 3.05) is 7.11 Å². The van der Waals surface area contributed by atoms with Gasteiger partial charge in [0.15, 0.2) is 0 Å². The minimum Gasteiger partial charge on any atom is -0.469 e. The van der Waals surface area contributed by atoms with Crippen LogP contribution in [-0.4, -0.2) is 30.5 Å². The van der Waals surface area contributed by atoms with Gasteiger partial charge in [-0.1, -0.05) is 37.6 Å². The van der Waals surface area contributed by atoms with Gasteiger partial charge >= 0.3 is 5.97 Å². The lowest BCUT2D eigenvalue weighted by molar-refractivity contribution is -0.140. The zero-order chi connectivity index (χ0) is 21.2. The molecule has 3 rings (SSSR count). The molecule has 0 bridgehead atoms. The molecule has 8 heteroatoms. The number of aryl methyl sites for hydroxylation is 1. The number of hydrogen-bond acceptors (Lipinski definition) is 5. The van der Waals surface area contributed by atoms with E-state index in [2.05, 4.69) is 23.6 Å². The number of benzene rings is 1. The molecule has 1 aromatic carbocycles. The number of hydrogen-bond donors (Lipinski definition) is 0. The topological polar surface area (TPSA) is 78.3 Å². The highest BCUT2D eigenvalue weighted by molar-refractivity contribution is 7.90. The third-order valence-corrected chi connectivity index (χ3v) is 6.77. The monoisotopic (exact) mass is 434 g/mol. The first-order chi connectivity index (χ1) is 13.7. The number of methoxy groups -OCH3 is 1. The number of pyridine rings is 1. The molecular weight excluding hydrogens is 412 g/mol. The van der Waals surface area contributed by atoms with Gasteiger partial charge in [0.1, 0.15) is 5.15 Å². The Kier molecular flexibility index (Phi) is 6.29. The first-order valence-corrected chi connectivity index (χ1v) is 11.1. The van der Waals surface area contributed by atoms with Crippen LogP contribution in [0.1, 0.15) is 43.9 Å². The first-order valence-electron chi connectivity index (χ1n) is 9.33. The van der Waals surface area contributed by atoms with Gasteiger partial charge in [-0.3, -0.25) is 4.79 Å². The molecule has 0 unspecified atom stereocenters. The van der Waals surface area contributed by atoms with Crippen LogP contribution in [0.3, 0.4) is 0 Å². The largest absolute Gasteiger partial charge is 0.469 e. The zero-order valence-corrected chi connectivity index (χ0v) is 18.1. The van der Waals surface area contributed by atoms with Crippen LogP contribution in [0.15, 0.2) is 47.4 Å². The number of ether oxygens (including phenoxy) is 1. The van der Waals surface area contributed by atoms with Crippen LogP contribution < -0.4 is 0 Å². The number of esters is 1. The number of carbonyl (C=O) groups is 1. The molecule has 2 aromatic heterocycles. The van der Waals surface area contributed by atoms with Crippen molar-refractivity contribution >= 4 is 38.6 Å². The normalized spacial score (nSPS) is 11.9. The second-order valence-electron chi connectivity index (χ2n) is 7.10. The fraction of sp³-hybridized carbons (Fsp3) is 0.333. The van der Waals surface area contributed by atoms with Crippen LogP contribution in [0, 0.1) is 0 Å². The van der Waals surface area contributed by atoms with Crippen LogP contribution >= 0.6 is 11.6 Å². The van der Waals surface area contributed by atoms with Crippen molar-refractivity contribution in [3.8, 4) is 0 Å². The van der Waals surface area contributed by atoms with Crippen LogP contribution in [0.2, 0.25) is 5.15 Å². The van der Waals surface area contributed by atoms with Crippen molar-refractivity contribution in [2.24, 2.45) is 0 Å². The van der Waals surface area contributed by atoms with E-state index in [0.29, 0.717) is 35.5 Å². The third-order valence-electron chi connectivity index (χ3n) is 4.78. The maximum Gasteiger partial charge on any atom is 0.305 e. The van der Waals surface area contributed by atoms with Crippen molar-refractivity contribution < 1.29 is 17.9 Å². The summed E-state index contributed by atoms with van der Waals surface area (Å²) < 4.78 is 32.9. The number of halogens is 1. The second kappa shape index (κ2) is 8.55. The number of rotatable bonds is 7. The molecule has 0 saturated heterocycles. The maximum atomic E-state index is 13.5. The van der Waals surface area contributed by atoms with E-state index in [1.54, 1.807) is 30.3 Å². The molecule has 29 heavy (non-hydrogen) atoms. The summed E-state index contributed by atoms with van der Waals surface area (Å²) in [5.41, 5.74) is 2.56. The third kappa shape index (κ3) is 4.46. The summed E-state index contributed by atoms with van der Waals surface area (Å²) in [7, 11) is -2.52. The number of nitrogens with zero attached hydrogens (tertiary/aromatic N) is 2. The van der Waals surface area contributed by atoms with Gasteiger partial charge < -0.3 is 4.74 Å². The average molecular weight is 435 g/mol. The van der Waals surface area contributed by atoms with Gasteiger partial charge in [0.25, 0.3) is 10.0 Å². The van der Waals surface area contributed by atoms with Gasteiger partial charge in [0.05, 0.1) is 23.0 Å². The minimum absolute atomic E-state index is 0.198. The Morgan fingerprint density at radius 2 is 1.86 bits per heavy atom. The molecule has 0 aliphatic carbocycles. The molecule has 0 saturated carbocycles. The highest BCUT2D eigenvalue weighted by Crippen LogP contribution is 2.28. The van der Waals surface area contributed by atoms with Crippen molar-refractivity contribution in [1.29, 1.82) is 0 Å². The molecule has 0 amide bonds. The van der Waals surface area contributed by atoms with E-state index < -0.39 is 10.0 Å². The fourth-order valence-electron chi connectivity index (χ4n) is 3.20. The van der Waals surface area contributed by atoms with Gasteiger partial charge in [-0.15, -0.1) is 0 Å². The molecule has 2 heterocycles. The summed E-state index contributed by atoms with van der Waals surface area (Å²) in [5, 5.41) is 0.287. The molecule has 0 fully saturated rings. The Morgan fingerprint density at radius 1 is 1.17 bits per heavy atom. The fourth-order valence-corrected chi connectivity index (χ4v) is 4.91. The minimum atomic E-state index is -3.85. The number of carbonyl (C=O) groups excluding carboxylic acids is 1. The number of fused-ring (bicyclic) bond motifs is 1. The summed E-state index contributed by atoms with van der Waals surface area (Å²) in [5.74, 6) is -0.0275. The maximum absolute atomic E-state index is 13.5. The summed E-state index contributed by atoms with van der Waals surface area (Å²) in [6, 6.07) is 11.8. The quantitative estimate of drug-likeness (QED) is 0.402. The Labute approximate surface area is 175 Å². The Morgan fingerprint density at radius 3 is 2.48 bits per heavy atom. The molecular formula is C21H23ClN2O4S. The molecule has 0 N–H and O–H groups in total. The van der Waals surface area contributed by atoms with Gasteiger partial charge in [0.2, 0.25) is 0 Å². The molecule has 0 aliphatic rings. The first kappa shape index (κ1) is 21.3. The number of aromatic nitrogens is 2. The highest BCUT2D eigenvalue weighted by atomic mass is 35.5. The lowest BCUT2D eigenvalue weighted by Gasteiger charge is -2.13. The van der Waals surface area contributed by atoms with E-state index in [9.17, 15) is 13.2 Å². The van der Waals surface area contributed by atoms with Crippen LogP contribution in [0.5, 0.6) is 0 Å². The van der Waals surface area contributed by atoms with Crippen LogP contribution in [-0.2, 0) is 26.0 Å². The predicted octanol–water partition coefficient (Wildman–Crippen LogP) is 4.55. The van der Waals surface area contributed by atoms with E-state index in [4.69, 9.17) is 11.6 Å². The summed E-state index contributed by atoms with van der Waals surface area (Å²) in [6.45, 7) is 4.11. The molecule has 0 aliphatic heterocycles. The van der Waals surface area contributed by atoms with E-state index in [-0.39, 0.29) is 22.4 Å². The summed E-state index contributed by atoms with van der Waals surface area (Å²) >= 11 is 5.99. The molecule has 6 nitrogen and oxygen atoms in total. The Hall–Kier alpha value is -2.38. The van der Waals surface area contributed by atoms with E-state index in [0.717, 1.165) is 5.56 Å². The van der Waals surface area contributed by atoms with E-state index >= 15 is 0 Å².